The van der Waals surface area contributed by atoms with E-state index in [1.807, 2.05) is 42.5 Å². The van der Waals surface area contributed by atoms with Crippen molar-refractivity contribution in [1.29, 1.82) is 0 Å². The molecule has 0 saturated heterocycles. The number of aromatic nitrogens is 3. The Hall–Kier alpha value is -7.43. The summed E-state index contributed by atoms with van der Waals surface area (Å²) in [6, 6.07) is 66.7. The second kappa shape index (κ2) is 11.8. The molecule has 0 atom stereocenters. The fourth-order valence-corrected chi connectivity index (χ4v) is 9.49. The van der Waals surface area contributed by atoms with Gasteiger partial charge in [0.25, 0.3) is 0 Å². The summed E-state index contributed by atoms with van der Waals surface area (Å²) in [5.74, 6) is 1.94. The molecular formula is C52H31N3O. The first-order valence-corrected chi connectivity index (χ1v) is 19.0. The molecule has 2 aliphatic rings. The molecular weight excluding hydrogens is 683 g/mol. The van der Waals surface area contributed by atoms with Crippen LogP contribution in [-0.2, 0) is 5.41 Å². The van der Waals surface area contributed by atoms with Gasteiger partial charge in [-0.3, -0.25) is 0 Å². The molecule has 1 spiro atoms. The third-order valence-corrected chi connectivity index (χ3v) is 11.8. The van der Waals surface area contributed by atoms with Crippen LogP contribution in [-0.4, -0.2) is 15.0 Å². The summed E-state index contributed by atoms with van der Waals surface area (Å²) in [6.07, 6.45) is 0. The van der Waals surface area contributed by atoms with Crippen LogP contribution in [0.1, 0.15) is 22.3 Å². The van der Waals surface area contributed by atoms with E-state index in [-0.39, 0.29) is 0 Å². The zero-order valence-corrected chi connectivity index (χ0v) is 30.1. The number of nitrogens with zero attached hydrogens (tertiary/aromatic N) is 3. The van der Waals surface area contributed by atoms with E-state index in [1.54, 1.807) is 0 Å². The van der Waals surface area contributed by atoms with Gasteiger partial charge in [-0.15, -0.1) is 0 Å². The van der Waals surface area contributed by atoms with Crippen molar-refractivity contribution in [2.45, 2.75) is 5.41 Å². The SMILES string of the molecule is c1ccc(-c2nc(-c3ccccc3)nc(-c3cccc4c3-c3ccc(-c5cccc6oc7ccccc7c56)cc3C43c4ccccc4-c4ccccc43)n2)cc1. The van der Waals surface area contributed by atoms with Gasteiger partial charge in [0.1, 0.15) is 11.2 Å². The Kier molecular flexibility index (Phi) is 6.52. The average molecular weight is 714 g/mol. The molecule has 0 unspecified atom stereocenters. The fraction of sp³-hybridized carbons (Fsp3) is 0.0192. The van der Waals surface area contributed by atoms with Gasteiger partial charge in [-0.25, -0.2) is 15.0 Å². The van der Waals surface area contributed by atoms with Crippen LogP contribution in [0, 0.1) is 0 Å². The minimum Gasteiger partial charge on any atom is -0.456 e. The zero-order valence-electron chi connectivity index (χ0n) is 30.1. The van der Waals surface area contributed by atoms with Gasteiger partial charge in [0.15, 0.2) is 17.5 Å². The first kappa shape index (κ1) is 31.0. The van der Waals surface area contributed by atoms with E-state index in [2.05, 4.69) is 146 Å². The van der Waals surface area contributed by atoms with E-state index in [0.29, 0.717) is 17.5 Å². The maximum absolute atomic E-state index is 6.37. The summed E-state index contributed by atoms with van der Waals surface area (Å²) in [6.45, 7) is 0. The van der Waals surface area contributed by atoms with Crippen molar-refractivity contribution in [3.63, 3.8) is 0 Å². The topological polar surface area (TPSA) is 51.8 Å². The highest BCUT2D eigenvalue weighted by Crippen LogP contribution is 2.64. The van der Waals surface area contributed by atoms with Crippen LogP contribution < -0.4 is 0 Å². The summed E-state index contributed by atoms with van der Waals surface area (Å²) in [5.41, 5.74) is 16.3. The number of rotatable bonds is 4. The largest absolute Gasteiger partial charge is 0.456 e. The van der Waals surface area contributed by atoms with Crippen LogP contribution in [0.5, 0.6) is 0 Å². The highest BCUT2D eigenvalue weighted by molar-refractivity contribution is 6.13. The van der Waals surface area contributed by atoms with E-state index in [1.165, 1.54) is 38.9 Å². The Balaban J connectivity index is 1.17. The molecule has 2 aromatic heterocycles. The predicted molar refractivity (Wildman–Crippen MR) is 225 cm³/mol. The molecule has 260 valence electrons. The highest BCUT2D eigenvalue weighted by Gasteiger charge is 2.52. The van der Waals surface area contributed by atoms with Gasteiger partial charge in [0.05, 0.1) is 5.41 Å². The van der Waals surface area contributed by atoms with Gasteiger partial charge in [-0.05, 0) is 73.8 Å². The minimum atomic E-state index is -0.562. The highest BCUT2D eigenvalue weighted by atomic mass is 16.3. The summed E-state index contributed by atoms with van der Waals surface area (Å²) in [7, 11) is 0. The number of para-hydroxylation sites is 1. The second-order valence-corrected chi connectivity index (χ2v) is 14.6. The Morgan fingerprint density at radius 3 is 1.59 bits per heavy atom. The Bertz CT molecular complexity index is 3100. The van der Waals surface area contributed by atoms with Crippen molar-refractivity contribution in [2.24, 2.45) is 0 Å². The first-order chi connectivity index (χ1) is 27.8. The lowest BCUT2D eigenvalue weighted by atomic mass is 9.70. The van der Waals surface area contributed by atoms with Crippen LogP contribution in [0.3, 0.4) is 0 Å². The molecule has 0 bridgehead atoms. The number of hydrogen-bond acceptors (Lipinski definition) is 4. The van der Waals surface area contributed by atoms with Crippen molar-refractivity contribution in [2.75, 3.05) is 0 Å². The summed E-state index contributed by atoms with van der Waals surface area (Å²) in [4.78, 5) is 15.5. The van der Waals surface area contributed by atoms with Crippen molar-refractivity contribution >= 4 is 21.9 Å². The smallest absolute Gasteiger partial charge is 0.164 e. The fourth-order valence-electron chi connectivity index (χ4n) is 9.49. The minimum absolute atomic E-state index is 0.562. The normalized spacial score (nSPS) is 13.1. The maximum Gasteiger partial charge on any atom is 0.164 e. The van der Waals surface area contributed by atoms with Crippen LogP contribution >= 0.6 is 0 Å². The van der Waals surface area contributed by atoms with Gasteiger partial charge in [0.2, 0.25) is 0 Å². The molecule has 56 heavy (non-hydrogen) atoms. The molecule has 4 heteroatoms. The van der Waals surface area contributed by atoms with Crippen molar-refractivity contribution in [3.8, 4) is 67.5 Å². The molecule has 4 nitrogen and oxygen atoms in total. The standard InChI is InChI=1S/C52H31N3O/c1-3-15-32(16-4-1)49-53-50(33-17-5-2-6-18-33)55-51(54-49)40-23-13-26-43-47(40)38-30-29-34(35-22-14-28-46-48(35)39-21-9-12-27-45(39)56-46)31-44(38)52(43)41-24-10-7-19-36(41)37-20-8-11-25-42(37)52/h1-31H. The Labute approximate surface area is 323 Å². The Morgan fingerprint density at radius 2 is 0.875 bits per heavy atom. The summed E-state index contributed by atoms with van der Waals surface area (Å²) >= 11 is 0. The molecule has 0 aliphatic heterocycles. The van der Waals surface area contributed by atoms with Gasteiger partial charge in [0, 0.05) is 27.5 Å². The molecule has 0 amide bonds. The van der Waals surface area contributed by atoms with Crippen molar-refractivity contribution in [3.05, 3.63) is 210 Å². The Morgan fingerprint density at radius 1 is 0.339 bits per heavy atom. The monoisotopic (exact) mass is 713 g/mol. The van der Waals surface area contributed by atoms with E-state index in [4.69, 9.17) is 19.4 Å². The number of hydrogen-bond donors (Lipinski definition) is 0. The van der Waals surface area contributed by atoms with Gasteiger partial charge >= 0.3 is 0 Å². The van der Waals surface area contributed by atoms with E-state index in [9.17, 15) is 0 Å². The lowest BCUT2D eigenvalue weighted by molar-refractivity contribution is 0.669. The third kappa shape index (κ3) is 4.27. The molecule has 10 aromatic rings. The van der Waals surface area contributed by atoms with Crippen LogP contribution in [0.2, 0.25) is 0 Å². The third-order valence-electron chi connectivity index (χ3n) is 11.8. The van der Waals surface area contributed by atoms with Gasteiger partial charge < -0.3 is 4.42 Å². The quantitative estimate of drug-likeness (QED) is 0.182. The molecule has 12 rings (SSSR count). The lowest BCUT2D eigenvalue weighted by Gasteiger charge is -2.31. The zero-order chi connectivity index (χ0) is 36.8. The van der Waals surface area contributed by atoms with Crippen LogP contribution in [0.25, 0.3) is 89.5 Å². The van der Waals surface area contributed by atoms with Crippen LogP contribution in [0.15, 0.2) is 192 Å². The molecule has 0 fully saturated rings. The van der Waals surface area contributed by atoms with E-state index < -0.39 is 5.41 Å². The number of fused-ring (bicyclic) bond motifs is 13. The van der Waals surface area contributed by atoms with Crippen LogP contribution in [0.4, 0.5) is 0 Å². The summed E-state index contributed by atoms with van der Waals surface area (Å²) < 4.78 is 6.37. The average Bonchev–Trinajstić information content (AvgIpc) is 3.91. The molecule has 0 saturated carbocycles. The van der Waals surface area contributed by atoms with Gasteiger partial charge in [-0.1, -0.05) is 170 Å². The van der Waals surface area contributed by atoms with Crippen molar-refractivity contribution < 1.29 is 4.42 Å². The van der Waals surface area contributed by atoms with E-state index >= 15 is 0 Å². The van der Waals surface area contributed by atoms with Gasteiger partial charge in [-0.2, -0.15) is 0 Å². The summed E-state index contributed by atoms with van der Waals surface area (Å²) in [5, 5.41) is 2.25. The predicted octanol–water partition coefficient (Wildman–Crippen LogP) is 12.8. The first-order valence-electron chi connectivity index (χ1n) is 19.0. The maximum atomic E-state index is 6.37. The molecule has 0 N–H and O–H groups in total. The molecule has 2 aliphatic carbocycles. The van der Waals surface area contributed by atoms with E-state index in [0.717, 1.165) is 55.3 Å². The molecule has 8 aromatic carbocycles. The molecule has 2 heterocycles. The lowest BCUT2D eigenvalue weighted by Crippen LogP contribution is -2.25. The number of benzene rings is 8. The van der Waals surface area contributed by atoms with Crippen molar-refractivity contribution in [1.82, 2.24) is 15.0 Å². The molecule has 0 radical (unpaired) electrons. The number of furan rings is 1. The second-order valence-electron chi connectivity index (χ2n) is 14.6.